The maximum Gasteiger partial charge on any atom is 0.294 e. The van der Waals surface area contributed by atoms with Gasteiger partial charge >= 0.3 is 0 Å². The Balaban J connectivity index is 2.17. The first-order valence-corrected chi connectivity index (χ1v) is 8.01. The van der Waals surface area contributed by atoms with E-state index in [1.807, 2.05) is 0 Å². The number of nitrogen functional groups attached to an aromatic ring is 1. The molecule has 7 nitrogen and oxygen atoms in total. The smallest absolute Gasteiger partial charge is 0.294 e. The van der Waals surface area contributed by atoms with Crippen molar-refractivity contribution in [2.45, 2.75) is 11.8 Å². The van der Waals surface area contributed by atoms with Gasteiger partial charge in [-0.2, -0.15) is 8.42 Å². The maximum atomic E-state index is 12.5. The van der Waals surface area contributed by atoms with Crippen LogP contribution in [0.1, 0.15) is 26.3 Å². The van der Waals surface area contributed by atoms with E-state index in [1.165, 1.54) is 31.2 Å². The van der Waals surface area contributed by atoms with Crippen LogP contribution in [-0.4, -0.2) is 24.8 Å². The van der Waals surface area contributed by atoms with E-state index in [-0.39, 0.29) is 27.4 Å². The van der Waals surface area contributed by atoms with Crippen molar-refractivity contribution >= 4 is 33.3 Å². The van der Waals surface area contributed by atoms with Gasteiger partial charge in [0.2, 0.25) is 0 Å². The van der Waals surface area contributed by atoms with Gasteiger partial charge < -0.3 is 5.73 Å². The molecule has 0 bridgehead atoms. The van der Waals surface area contributed by atoms with Crippen molar-refractivity contribution in [1.82, 2.24) is 0 Å². The fraction of sp³-hybridized carbons (Fsp3) is 0.0667. The minimum Gasteiger partial charge on any atom is -0.398 e. The summed E-state index contributed by atoms with van der Waals surface area (Å²) in [5.41, 5.74) is 6.52. The highest BCUT2D eigenvalue weighted by Crippen LogP contribution is 2.33. The van der Waals surface area contributed by atoms with Crippen LogP contribution in [0.4, 0.5) is 11.4 Å². The number of hydrogen-bond acceptors (Lipinski definition) is 5. The molecular weight excluding hydrogens is 320 g/mol. The number of amides is 2. The zero-order chi connectivity index (χ0) is 16.9. The number of rotatable bonds is 2. The fourth-order valence-corrected chi connectivity index (χ4v) is 3.30. The monoisotopic (exact) mass is 332 g/mol. The molecule has 2 amide bonds. The molecule has 1 aliphatic rings. The molecule has 2 aromatic rings. The molecular formula is C15H12N2O5S. The largest absolute Gasteiger partial charge is 0.398 e. The predicted molar refractivity (Wildman–Crippen MR) is 83.0 cm³/mol. The van der Waals surface area contributed by atoms with Gasteiger partial charge in [-0.3, -0.25) is 14.1 Å². The highest BCUT2D eigenvalue weighted by Gasteiger charge is 2.38. The van der Waals surface area contributed by atoms with Crippen LogP contribution in [0.25, 0.3) is 0 Å². The third kappa shape index (κ3) is 2.28. The van der Waals surface area contributed by atoms with Crippen molar-refractivity contribution in [3.63, 3.8) is 0 Å². The summed E-state index contributed by atoms with van der Waals surface area (Å²) in [6, 6.07) is 8.47. The third-order valence-electron chi connectivity index (χ3n) is 3.65. The summed E-state index contributed by atoms with van der Waals surface area (Å²) in [5, 5.41) is 0. The molecule has 0 unspecified atom stereocenters. The fourth-order valence-electron chi connectivity index (χ4n) is 2.55. The van der Waals surface area contributed by atoms with Crippen molar-refractivity contribution < 1.29 is 22.6 Å². The lowest BCUT2D eigenvalue weighted by atomic mass is 10.1. The molecule has 0 aromatic heterocycles. The zero-order valence-electron chi connectivity index (χ0n) is 12.0. The normalized spacial score (nSPS) is 14.3. The van der Waals surface area contributed by atoms with Crippen molar-refractivity contribution in [1.29, 1.82) is 0 Å². The minimum absolute atomic E-state index is 0.0498. The standard InChI is InChI=1S/C15H12N2O5S/c1-8-5-6-9(7-12(8)23(20,21)22)17-14(18)10-3-2-4-11(16)13(10)15(17)19/h2-7H,16H2,1H3,(H,20,21,22). The van der Waals surface area contributed by atoms with Crippen LogP contribution in [-0.2, 0) is 10.1 Å². The van der Waals surface area contributed by atoms with E-state index in [4.69, 9.17) is 5.73 Å². The first kappa shape index (κ1) is 15.2. The van der Waals surface area contributed by atoms with Crippen molar-refractivity contribution in [2.75, 3.05) is 10.6 Å². The molecule has 0 aliphatic carbocycles. The lowest BCUT2D eigenvalue weighted by molar-refractivity contribution is 0.0926. The van der Waals surface area contributed by atoms with Gasteiger partial charge in [0.05, 0.1) is 21.7 Å². The molecule has 1 heterocycles. The number of benzene rings is 2. The van der Waals surface area contributed by atoms with Crippen molar-refractivity contribution in [3.05, 3.63) is 53.1 Å². The second kappa shape index (κ2) is 4.90. The van der Waals surface area contributed by atoms with Crippen LogP contribution < -0.4 is 10.6 Å². The van der Waals surface area contributed by atoms with Crippen LogP contribution in [0.2, 0.25) is 0 Å². The number of fused-ring (bicyclic) bond motifs is 1. The summed E-state index contributed by atoms with van der Waals surface area (Å²) in [6.07, 6.45) is 0. The van der Waals surface area contributed by atoms with E-state index in [2.05, 4.69) is 0 Å². The van der Waals surface area contributed by atoms with E-state index in [9.17, 15) is 22.6 Å². The van der Waals surface area contributed by atoms with Gasteiger partial charge in [-0.05, 0) is 36.8 Å². The molecule has 0 radical (unpaired) electrons. The van der Waals surface area contributed by atoms with Crippen molar-refractivity contribution in [3.8, 4) is 0 Å². The van der Waals surface area contributed by atoms with Gasteiger partial charge in [-0.25, -0.2) is 4.90 Å². The van der Waals surface area contributed by atoms with Crippen LogP contribution in [0.5, 0.6) is 0 Å². The molecule has 0 fully saturated rings. The Morgan fingerprint density at radius 1 is 1.09 bits per heavy atom. The number of hydrogen-bond donors (Lipinski definition) is 2. The Hall–Kier alpha value is -2.71. The number of carbonyl (C=O) groups excluding carboxylic acids is 2. The second-order valence-corrected chi connectivity index (χ2v) is 6.53. The van der Waals surface area contributed by atoms with Gasteiger partial charge in [-0.15, -0.1) is 0 Å². The van der Waals surface area contributed by atoms with Gasteiger partial charge in [0.1, 0.15) is 0 Å². The molecule has 0 spiro atoms. The summed E-state index contributed by atoms with van der Waals surface area (Å²) in [7, 11) is -4.47. The molecule has 8 heteroatoms. The Morgan fingerprint density at radius 2 is 1.78 bits per heavy atom. The third-order valence-corrected chi connectivity index (χ3v) is 4.65. The van der Waals surface area contributed by atoms with Gasteiger partial charge in [-0.1, -0.05) is 12.1 Å². The zero-order valence-corrected chi connectivity index (χ0v) is 12.8. The van der Waals surface area contributed by atoms with E-state index in [0.717, 1.165) is 11.0 Å². The topological polar surface area (TPSA) is 118 Å². The minimum atomic E-state index is -4.47. The number of carbonyl (C=O) groups is 2. The summed E-state index contributed by atoms with van der Waals surface area (Å²) in [4.78, 5) is 25.4. The molecule has 1 aliphatic heterocycles. The van der Waals surface area contributed by atoms with Gasteiger partial charge in [0.15, 0.2) is 0 Å². The summed E-state index contributed by atoms with van der Waals surface area (Å²) in [6.45, 7) is 1.49. The molecule has 23 heavy (non-hydrogen) atoms. The van der Waals surface area contributed by atoms with Crippen LogP contribution >= 0.6 is 0 Å². The first-order valence-electron chi connectivity index (χ1n) is 6.57. The lowest BCUT2D eigenvalue weighted by Crippen LogP contribution is -2.29. The maximum absolute atomic E-state index is 12.5. The number of anilines is 2. The number of aryl methyl sites for hydroxylation is 1. The predicted octanol–water partition coefficient (Wildman–Crippen LogP) is 1.62. The number of imide groups is 1. The van der Waals surface area contributed by atoms with Crippen LogP contribution in [0.15, 0.2) is 41.3 Å². The molecule has 0 atom stereocenters. The number of nitrogens with zero attached hydrogens (tertiary/aromatic N) is 1. The molecule has 0 saturated carbocycles. The second-order valence-electron chi connectivity index (χ2n) is 5.14. The lowest BCUT2D eigenvalue weighted by Gasteiger charge is -2.15. The summed E-state index contributed by atoms with van der Waals surface area (Å²) >= 11 is 0. The summed E-state index contributed by atoms with van der Waals surface area (Å²) in [5.74, 6) is -1.23. The Bertz CT molecular complexity index is 966. The Labute approximate surface area is 132 Å². The molecule has 3 rings (SSSR count). The van der Waals surface area contributed by atoms with E-state index < -0.39 is 21.9 Å². The Kier molecular flexibility index (Phi) is 3.24. The average molecular weight is 332 g/mol. The SMILES string of the molecule is Cc1ccc(N2C(=O)c3cccc(N)c3C2=O)cc1S(=O)(=O)O. The molecule has 2 aromatic carbocycles. The quantitative estimate of drug-likeness (QED) is 0.490. The molecule has 0 saturated heterocycles. The van der Waals surface area contributed by atoms with Crippen molar-refractivity contribution in [2.24, 2.45) is 0 Å². The average Bonchev–Trinajstić information content (AvgIpc) is 2.72. The summed E-state index contributed by atoms with van der Waals surface area (Å²) < 4.78 is 32.1. The van der Waals surface area contributed by atoms with Gasteiger partial charge in [0.25, 0.3) is 21.9 Å². The van der Waals surface area contributed by atoms with Gasteiger partial charge in [0, 0.05) is 5.69 Å². The van der Waals surface area contributed by atoms with Crippen LogP contribution in [0, 0.1) is 6.92 Å². The first-order chi connectivity index (χ1) is 10.7. The Morgan fingerprint density at radius 3 is 2.39 bits per heavy atom. The van der Waals surface area contributed by atoms with E-state index in [1.54, 1.807) is 6.07 Å². The molecule has 3 N–H and O–H groups in total. The highest BCUT2D eigenvalue weighted by atomic mass is 32.2. The number of nitrogens with two attached hydrogens (primary N) is 1. The van der Waals surface area contributed by atoms with E-state index >= 15 is 0 Å². The molecule has 118 valence electrons. The van der Waals surface area contributed by atoms with Crippen LogP contribution in [0.3, 0.4) is 0 Å². The highest BCUT2D eigenvalue weighted by molar-refractivity contribution is 7.85. The van der Waals surface area contributed by atoms with E-state index in [0.29, 0.717) is 5.56 Å².